The number of rotatable bonds is 3. The molecule has 0 amide bonds. The summed E-state index contributed by atoms with van der Waals surface area (Å²) in [5.74, 6) is 0.407. The Morgan fingerprint density at radius 1 is 1.39 bits per heavy atom. The molecule has 5 nitrogen and oxygen atoms in total. The van der Waals surface area contributed by atoms with Crippen molar-refractivity contribution in [2.24, 2.45) is 17.8 Å². The lowest BCUT2D eigenvalue weighted by atomic mass is 10.3. The fourth-order valence-electron chi connectivity index (χ4n) is 1.68. The van der Waals surface area contributed by atoms with Crippen molar-refractivity contribution in [3.63, 3.8) is 0 Å². The summed E-state index contributed by atoms with van der Waals surface area (Å²) < 4.78 is 1.78. The summed E-state index contributed by atoms with van der Waals surface area (Å²) in [7, 11) is 1.89. The Morgan fingerprint density at radius 3 is 2.72 bits per heavy atom. The Morgan fingerprint density at radius 2 is 2.11 bits per heavy atom. The summed E-state index contributed by atoms with van der Waals surface area (Å²) in [6, 6.07) is 9.73. The maximum Gasteiger partial charge on any atom is 0.193 e. The number of nitrogens with two attached hydrogens (primary N) is 1. The van der Waals surface area contributed by atoms with Crippen LogP contribution in [0.1, 0.15) is 11.3 Å². The summed E-state index contributed by atoms with van der Waals surface area (Å²) in [5.41, 5.74) is 8.81. The molecule has 94 valence electrons. The number of anilines is 1. The van der Waals surface area contributed by atoms with E-state index in [9.17, 15) is 0 Å². The van der Waals surface area contributed by atoms with E-state index in [-0.39, 0.29) is 0 Å². The van der Waals surface area contributed by atoms with Crippen molar-refractivity contribution in [1.82, 2.24) is 9.78 Å². The standard InChI is InChI=1S/C13H17N5/c1-10-11(9-18(2)17-10)8-15-13(14)16-12-6-4-3-5-7-12/h3-7,9H,8H2,1-2H3,(H3,14,15,16). The summed E-state index contributed by atoms with van der Waals surface area (Å²) >= 11 is 0. The molecule has 0 saturated heterocycles. The monoisotopic (exact) mass is 243 g/mol. The molecule has 0 aliphatic heterocycles. The van der Waals surface area contributed by atoms with Crippen molar-refractivity contribution >= 4 is 11.6 Å². The van der Waals surface area contributed by atoms with E-state index in [2.05, 4.69) is 15.4 Å². The number of para-hydroxylation sites is 1. The Balaban J connectivity index is 1.99. The minimum absolute atomic E-state index is 0.407. The molecule has 0 unspecified atom stereocenters. The molecule has 0 spiro atoms. The molecule has 2 rings (SSSR count). The molecule has 0 bridgehead atoms. The van der Waals surface area contributed by atoms with E-state index in [0.717, 1.165) is 16.9 Å². The van der Waals surface area contributed by atoms with Crippen molar-refractivity contribution in [2.45, 2.75) is 13.5 Å². The van der Waals surface area contributed by atoms with E-state index >= 15 is 0 Å². The molecular weight excluding hydrogens is 226 g/mol. The number of nitrogens with one attached hydrogen (secondary N) is 1. The Bertz CT molecular complexity index is 542. The number of hydrogen-bond donors (Lipinski definition) is 2. The SMILES string of the molecule is Cc1nn(C)cc1CN=C(N)Nc1ccccc1. The number of guanidine groups is 1. The zero-order chi connectivity index (χ0) is 13.0. The lowest BCUT2D eigenvalue weighted by molar-refractivity contribution is 0.756. The zero-order valence-electron chi connectivity index (χ0n) is 10.6. The van der Waals surface area contributed by atoms with Crippen molar-refractivity contribution in [1.29, 1.82) is 0 Å². The molecule has 3 N–H and O–H groups in total. The van der Waals surface area contributed by atoms with Gasteiger partial charge in [-0.05, 0) is 19.1 Å². The summed E-state index contributed by atoms with van der Waals surface area (Å²) in [6.07, 6.45) is 1.95. The van der Waals surface area contributed by atoms with Crippen LogP contribution in [0, 0.1) is 6.92 Å². The van der Waals surface area contributed by atoms with Crippen LogP contribution in [0.5, 0.6) is 0 Å². The van der Waals surface area contributed by atoms with Crippen molar-refractivity contribution < 1.29 is 0 Å². The lowest BCUT2D eigenvalue weighted by Crippen LogP contribution is -2.22. The third-order valence-electron chi connectivity index (χ3n) is 2.58. The van der Waals surface area contributed by atoms with Crippen LogP contribution in [0.25, 0.3) is 0 Å². The molecular formula is C13H17N5. The summed E-state index contributed by atoms with van der Waals surface area (Å²) in [6.45, 7) is 2.50. The van der Waals surface area contributed by atoms with Crippen LogP contribution < -0.4 is 11.1 Å². The van der Waals surface area contributed by atoms with Crippen molar-refractivity contribution in [2.75, 3.05) is 5.32 Å². The van der Waals surface area contributed by atoms with E-state index in [4.69, 9.17) is 5.73 Å². The molecule has 0 atom stereocenters. The van der Waals surface area contributed by atoms with Gasteiger partial charge in [0.2, 0.25) is 0 Å². The smallest absolute Gasteiger partial charge is 0.193 e. The Labute approximate surface area is 106 Å². The number of aryl methyl sites for hydroxylation is 2. The first-order chi connectivity index (χ1) is 8.65. The van der Waals surface area contributed by atoms with E-state index in [1.165, 1.54) is 0 Å². The van der Waals surface area contributed by atoms with Crippen molar-refractivity contribution in [3.05, 3.63) is 47.8 Å². The zero-order valence-corrected chi connectivity index (χ0v) is 10.6. The third kappa shape index (κ3) is 3.10. The lowest BCUT2D eigenvalue weighted by Gasteiger charge is -2.04. The first-order valence-corrected chi connectivity index (χ1v) is 5.76. The number of aromatic nitrogens is 2. The Kier molecular flexibility index (Phi) is 3.62. The quantitative estimate of drug-likeness (QED) is 0.636. The largest absolute Gasteiger partial charge is 0.370 e. The molecule has 0 fully saturated rings. The van der Waals surface area contributed by atoms with Gasteiger partial charge in [-0.3, -0.25) is 4.68 Å². The minimum Gasteiger partial charge on any atom is -0.370 e. The molecule has 2 aromatic rings. The molecule has 1 aromatic heterocycles. The van der Waals surface area contributed by atoms with E-state index in [1.54, 1.807) is 4.68 Å². The first kappa shape index (κ1) is 12.2. The second-order valence-electron chi connectivity index (χ2n) is 4.11. The van der Waals surface area contributed by atoms with Gasteiger partial charge in [0.05, 0.1) is 12.2 Å². The van der Waals surface area contributed by atoms with Crippen molar-refractivity contribution in [3.8, 4) is 0 Å². The highest BCUT2D eigenvalue weighted by molar-refractivity contribution is 5.92. The highest BCUT2D eigenvalue weighted by Crippen LogP contribution is 2.07. The Hall–Kier alpha value is -2.30. The van der Waals surface area contributed by atoms with Crippen LogP contribution in [0.4, 0.5) is 5.69 Å². The van der Waals surface area contributed by atoms with Gasteiger partial charge in [0.15, 0.2) is 5.96 Å². The maximum atomic E-state index is 5.82. The van der Waals surface area contributed by atoms with Crippen LogP contribution in [-0.2, 0) is 13.6 Å². The summed E-state index contributed by atoms with van der Waals surface area (Å²) in [4.78, 5) is 4.29. The van der Waals surface area contributed by atoms with Crippen LogP contribution >= 0.6 is 0 Å². The average Bonchev–Trinajstić information content (AvgIpc) is 2.66. The highest BCUT2D eigenvalue weighted by atomic mass is 15.3. The van der Waals surface area contributed by atoms with E-state index in [1.807, 2.05) is 50.5 Å². The van der Waals surface area contributed by atoms with Gasteiger partial charge in [0, 0.05) is 24.5 Å². The van der Waals surface area contributed by atoms with Crippen LogP contribution in [-0.4, -0.2) is 15.7 Å². The van der Waals surface area contributed by atoms with Crippen LogP contribution in [0.15, 0.2) is 41.5 Å². The predicted molar refractivity (Wildman–Crippen MR) is 73.3 cm³/mol. The fourth-order valence-corrected chi connectivity index (χ4v) is 1.68. The topological polar surface area (TPSA) is 68.2 Å². The number of nitrogens with zero attached hydrogens (tertiary/aromatic N) is 3. The van der Waals surface area contributed by atoms with Crippen LogP contribution in [0.3, 0.4) is 0 Å². The average molecular weight is 243 g/mol. The van der Waals surface area contributed by atoms with Gasteiger partial charge in [0.1, 0.15) is 0 Å². The van der Waals surface area contributed by atoms with E-state index < -0.39 is 0 Å². The second kappa shape index (κ2) is 5.35. The predicted octanol–water partition coefficient (Wildman–Crippen LogP) is 1.66. The van der Waals surface area contributed by atoms with E-state index in [0.29, 0.717) is 12.5 Å². The van der Waals surface area contributed by atoms with Gasteiger partial charge in [-0.1, -0.05) is 18.2 Å². The molecule has 5 heteroatoms. The molecule has 0 aliphatic rings. The number of benzene rings is 1. The molecule has 1 heterocycles. The molecule has 0 aliphatic carbocycles. The summed E-state index contributed by atoms with van der Waals surface area (Å²) in [5, 5.41) is 7.30. The van der Waals surface area contributed by atoms with Crippen LogP contribution in [0.2, 0.25) is 0 Å². The van der Waals surface area contributed by atoms with Gasteiger partial charge in [-0.25, -0.2) is 4.99 Å². The van der Waals surface area contributed by atoms with Gasteiger partial charge in [0.25, 0.3) is 0 Å². The third-order valence-corrected chi connectivity index (χ3v) is 2.58. The van der Waals surface area contributed by atoms with Gasteiger partial charge in [-0.2, -0.15) is 5.10 Å². The molecule has 0 saturated carbocycles. The molecule has 0 radical (unpaired) electrons. The fraction of sp³-hybridized carbons (Fsp3) is 0.231. The number of hydrogen-bond acceptors (Lipinski definition) is 2. The van der Waals surface area contributed by atoms with Gasteiger partial charge < -0.3 is 11.1 Å². The number of aliphatic imine (C=N–C) groups is 1. The first-order valence-electron chi connectivity index (χ1n) is 5.76. The molecule has 1 aromatic carbocycles. The minimum atomic E-state index is 0.407. The second-order valence-corrected chi connectivity index (χ2v) is 4.11. The van der Waals surface area contributed by atoms with Gasteiger partial charge >= 0.3 is 0 Å². The highest BCUT2D eigenvalue weighted by Gasteiger charge is 2.02. The maximum absolute atomic E-state index is 5.82. The molecule has 18 heavy (non-hydrogen) atoms. The normalized spacial score (nSPS) is 11.6. The van der Waals surface area contributed by atoms with Gasteiger partial charge in [-0.15, -0.1) is 0 Å².